The van der Waals surface area contributed by atoms with Crippen molar-refractivity contribution in [1.82, 2.24) is 0 Å². The first-order chi connectivity index (χ1) is 4.27. The molecule has 5 heteroatoms. The standard InChI is InChI=1S/C4H6BrNO3/c1-4(7)8-3-2-6-9-5/h2H,3H2,1H3/b6-2+. The normalized spacial score (nSPS) is 9.56. The van der Waals surface area contributed by atoms with Crippen LogP contribution in [0.15, 0.2) is 5.16 Å². The maximum atomic E-state index is 10.1. The molecule has 0 aliphatic carbocycles. The van der Waals surface area contributed by atoms with Crippen molar-refractivity contribution in [3.8, 4) is 0 Å². The van der Waals surface area contributed by atoms with Crippen molar-refractivity contribution in [2.24, 2.45) is 5.16 Å². The van der Waals surface area contributed by atoms with Crippen LogP contribution in [0.5, 0.6) is 0 Å². The molecule has 0 saturated heterocycles. The van der Waals surface area contributed by atoms with Gasteiger partial charge in [-0.3, -0.25) is 4.79 Å². The molecule has 0 fully saturated rings. The van der Waals surface area contributed by atoms with E-state index in [1.807, 2.05) is 0 Å². The summed E-state index contributed by atoms with van der Waals surface area (Å²) in [6.45, 7) is 1.46. The largest absolute Gasteiger partial charge is 0.460 e. The molecule has 0 atom stereocenters. The maximum Gasteiger partial charge on any atom is 0.302 e. The zero-order valence-corrected chi connectivity index (χ0v) is 6.42. The summed E-state index contributed by atoms with van der Waals surface area (Å²) in [5.74, 6) is -0.337. The van der Waals surface area contributed by atoms with Gasteiger partial charge < -0.3 is 8.67 Å². The van der Waals surface area contributed by atoms with E-state index in [4.69, 9.17) is 0 Å². The Kier molecular flexibility index (Phi) is 5.20. The SMILES string of the molecule is CC(=O)OC/C=N/OBr. The van der Waals surface area contributed by atoms with Crippen molar-refractivity contribution in [3.05, 3.63) is 0 Å². The van der Waals surface area contributed by atoms with Crippen LogP contribution < -0.4 is 0 Å². The van der Waals surface area contributed by atoms with Gasteiger partial charge in [0.25, 0.3) is 0 Å². The van der Waals surface area contributed by atoms with Gasteiger partial charge in [0, 0.05) is 6.92 Å². The Bertz CT molecular complexity index is 114. The number of oxime groups is 1. The van der Waals surface area contributed by atoms with E-state index in [1.165, 1.54) is 13.1 Å². The summed E-state index contributed by atoms with van der Waals surface area (Å²) < 4.78 is 8.57. The number of hydrogen-bond acceptors (Lipinski definition) is 4. The Labute approximate surface area is 61.3 Å². The van der Waals surface area contributed by atoms with E-state index in [-0.39, 0.29) is 12.6 Å². The molecular formula is C4H6BrNO3. The van der Waals surface area contributed by atoms with Gasteiger partial charge in [0.2, 0.25) is 16.3 Å². The Morgan fingerprint density at radius 3 is 3.00 bits per heavy atom. The molecule has 4 nitrogen and oxygen atoms in total. The number of carbonyl (C=O) groups excluding carboxylic acids is 1. The molecule has 9 heavy (non-hydrogen) atoms. The van der Waals surface area contributed by atoms with Gasteiger partial charge in [0.1, 0.15) is 6.61 Å². The Morgan fingerprint density at radius 2 is 2.56 bits per heavy atom. The van der Waals surface area contributed by atoms with E-state index < -0.39 is 0 Å². The van der Waals surface area contributed by atoms with Crippen LogP contribution in [0, 0.1) is 0 Å². The van der Waals surface area contributed by atoms with E-state index in [0.717, 1.165) is 0 Å². The third-order valence-electron chi connectivity index (χ3n) is 0.476. The van der Waals surface area contributed by atoms with Crippen LogP contribution in [0.1, 0.15) is 6.92 Å². The molecule has 0 saturated carbocycles. The van der Waals surface area contributed by atoms with Crippen molar-refractivity contribution in [1.29, 1.82) is 0 Å². The summed E-state index contributed by atoms with van der Waals surface area (Å²) in [6, 6.07) is 0. The molecule has 0 spiro atoms. The van der Waals surface area contributed by atoms with E-state index in [1.54, 1.807) is 0 Å². The van der Waals surface area contributed by atoms with Crippen LogP contribution in [0.3, 0.4) is 0 Å². The van der Waals surface area contributed by atoms with Gasteiger partial charge in [-0.05, 0) is 0 Å². The minimum atomic E-state index is -0.337. The van der Waals surface area contributed by atoms with Gasteiger partial charge in [-0.2, -0.15) is 0 Å². The van der Waals surface area contributed by atoms with Crippen LogP contribution in [-0.2, 0) is 13.5 Å². The van der Waals surface area contributed by atoms with Crippen molar-refractivity contribution in [2.75, 3.05) is 6.61 Å². The fraction of sp³-hybridized carbons (Fsp3) is 0.500. The zero-order valence-electron chi connectivity index (χ0n) is 4.83. The molecule has 0 aromatic heterocycles. The second-order valence-electron chi connectivity index (χ2n) is 1.16. The van der Waals surface area contributed by atoms with Gasteiger partial charge >= 0.3 is 5.97 Å². The van der Waals surface area contributed by atoms with Crippen molar-refractivity contribution < 1.29 is 13.5 Å². The minimum absolute atomic E-state index is 0.140. The molecule has 0 aromatic rings. The Balaban J connectivity index is 3.09. The number of rotatable bonds is 3. The van der Waals surface area contributed by atoms with Gasteiger partial charge in [-0.1, -0.05) is 5.16 Å². The highest BCUT2D eigenvalue weighted by Gasteiger charge is 1.86. The average Bonchev–Trinajstić information content (AvgIpc) is 1.80. The second kappa shape index (κ2) is 5.55. The number of nitrogens with zero attached hydrogens (tertiary/aromatic N) is 1. The summed E-state index contributed by atoms with van der Waals surface area (Å²) in [4.78, 5) is 10.1. The molecule has 0 rings (SSSR count). The van der Waals surface area contributed by atoms with Gasteiger partial charge in [-0.15, -0.1) is 0 Å². The highest BCUT2D eigenvalue weighted by atomic mass is 79.9. The number of halogens is 1. The highest BCUT2D eigenvalue weighted by Crippen LogP contribution is 1.81. The molecule has 0 aliphatic heterocycles. The predicted molar refractivity (Wildman–Crippen MR) is 35.1 cm³/mol. The lowest BCUT2D eigenvalue weighted by Crippen LogP contribution is -2.00. The monoisotopic (exact) mass is 195 g/mol. The van der Waals surface area contributed by atoms with Crippen molar-refractivity contribution in [3.63, 3.8) is 0 Å². The van der Waals surface area contributed by atoms with Crippen molar-refractivity contribution in [2.45, 2.75) is 6.92 Å². The molecule has 0 unspecified atom stereocenters. The molecule has 0 heterocycles. The summed E-state index contributed by atoms with van der Waals surface area (Å²) >= 11 is 2.58. The molecule has 0 radical (unpaired) electrons. The molecule has 0 amide bonds. The summed E-state index contributed by atoms with van der Waals surface area (Å²) in [6.07, 6.45) is 1.32. The minimum Gasteiger partial charge on any atom is -0.460 e. The smallest absolute Gasteiger partial charge is 0.302 e. The van der Waals surface area contributed by atoms with Crippen LogP contribution in [0.25, 0.3) is 0 Å². The van der Waals surface area contributed by atoms with E-state index in [0.29, 0.717) is 0 Å². The first-order valence-corrected chi connectivity index (χ1v) is 2.85. The first-order valence-electron chi connectivity index (χ1n) is 2.20. The van der Waals surface area contributed by atoms with Crippen LogP contribution in [0.2, 0.25) is 0 Å². The molecule has 0 aliphatic rings. The number of carbonyl (C=O) groups is 1. The second-order valence-corrected chi connectivity index (χ2v) is 1.45. The third kappa shape index (κ3) is 7.42. The summed E-state index contributed by atoms with van der Waals surface area (Å²) in [7, 11) is 0. The number of esters is 1. The highest BCUT2D eigenvalue weighted by molar-refractivity contribution is 9.05. The average molecular weight is 196 g/mol. The molecule has 0 N–H and O–H groups in total. The molecule has 52 valence electrons. The van der Waals surface area contributed by atoms with E-state index in [2.05, 4.69) is 30.1 Å². The predicted octanol–water partition coefficient (Wildman–Crippen LogP) is 0.862. The topological polar surface area (TPSA) is 47.9 Å². The fourth-order valence-corrected chi connectivity index (χ4v) is 0.331. The van der Waals surface area contributed by atoms with E-state index >= 15 is 0 Å². The Morgan fingerprint density at radius 1 is 1.89 bits per heavy atom. The summed E-state index contributed by atoms with van der Waals surface area (Å²) in [5, 5.41) is 3.26. The first kappa shape index (κ1) is 8.42. The van der Waals surface area contributed by atoms with Gasteiger partial charge in [0.05, 0.1) is 6.21 Å². The number of hydrogen-bond donors (Lipinski definition) is 0. The third-order valence-corrected chi connectivity index (χ3v) is 0.643. The lowest BCUT2D eigenvalue weighted by atomic mass is 10.7. The molecule has 0 aromatic carbocycles. The fourth-order valence-electron chi connectivity index (χ4n) is 0.213. The van der Waals surface area contributed by atoms with Crippen LogP contribution >= 0.6 is 16.3 Å². The Hall–Kier alpha value is -0.580. The lowest BCUT2D eigenvalue weighted by Gasteiger charge is -1.91. The summed E-state index contributed by atoms with van der Waals surface area (Å²) in [5.41, 5.74) is 0. The van der Waals surface area contributed by atoms with Crippen LogP contribution in [0.4, 0.5) is 0 Å². The molecule has 0 bridgehead atoms. The van der Waals surface area contributed by atoms with E-state index in [9.17, 15) is 4.79 Å². The molecular weight excluding hydrogens is 190 g/mol. The van der Waals surface area contributed by atoms with Crippen molar-refractivity contribution >= 4 is 28.4 Å². The zero-order chi connectivity index (χ0) is 7.11. The quantitative estimate of drug-likeness (QED) is 0.382. The number of ether oxygens (including phenoxy) is 1. The van der Waals surface area contributed by atoms with Gasteiger partial charge in [-0.25, -0.2) is 0 Å². The lowest BCUT2D eigenvalue weighted by molar-refractivity contribution is -0.139. The van der Waals surface area contributed by atoms with Gasteiger partial charge in [0.15, 0.2) is 0 Å². The van der Waals surface area contributed by atoms with Crippen LogP contribution in [-0.4, -0.2) is 18.8 Å². The maximum absolute atomic E-state index is 10.1.